The molecule has 0 saturated carbocycles. The van der Waals surface area contributed by atoms with Gasteiger partial charge < -0.3 is 9.47 Å². The number of hydrogen-bond donors (Lipinski definition) is 0. The maximum Gasteiger partial charge on any atom is 0.268 e. The van der Waals surface area contributed by atoms with Gasteiger partial charge in [-0.3, -0.25) is 9.59 Å². The number of nitrogens with zero attached hydrogens (tertiary/aromatic N) is 1. The molecule has 0 saturated heterocycles. The van der Waals surface area contributed by atoms with Gasteiger partial charge in [-0.15, -0.1) is 0 Å². The highest BCUT2D eigenvalue weighted by atomic mass is 32.2. The van der Waals surface area contributed by atoms with E-state index in [1.165, 1.54) is 18.3 Å². The van der Waals surface area contributed by atoms with Gasteiger partial charge >= 0.3 is 0 Å². The Hall–Kier alpha value is -4.17. The van der Waals surface area contributed by atoms with Gasteiger partial charge in [0.1, 0.15) is 17.2 Å². The standard InChI is InChI=1S/C30H29NO6S/c1-4-21-18-28(31(20-21)38(34,35)26-8-6-5-7-9-26)29(32)19-27(22-10-14-24(36-2)15-11-22)30(33)23-12-16-25(37-3)17-13-23/h5-18,20,27H,4,19H2,1-3H3. The van der Waals surface area contributed by atoms with E-state index in [2.05, 4.69) is 0 Å². The van der Waals surface area contributed by atoms with Crippen LogP contribution in [0, 0.1) is 0 Å². The highest BCUT2D eigenvalue weighted by Gasteiger charge is 2.30. The molecular weight excluding hydrogens is 502 g/mol. The molecule has 1 heterocycles. The number of ketones is 2. The molecule has 1 aromatic heterocycles. The predicted molar refractivity (Wildman–Crippen MR) is 145 cm³/mol. The molecule has 8 heteroatoms. The lowest BCUT2D eigenvalue weighted by atomic mass is 9.86. The first-order valence-electron chi connectivity index (χ1n) is 12.2. The summed E-state index contributed by atoms with van der Waals surface area (Å²) < 4.78 is 38.4. The molecule has 0 aliphatic rings. The monoisotopic (exact) mass is 531 g/mol. The Bertz CT molecular complexity index is 1520. The summed E-state index contributed by atoms with van der Waals surface area (Å²) in [5, 5.41) is 0. The minimum atomic E-state index is -4.01. The van der Waals surface area contributed by atoms with E-state index in [0.29, 0.717) is 34.6 Å². The third-order valence-electron chi connectivity index (χ3n) is 6.44. The quantitative estimate of drug-likeness (QED) is 0.236. The molecule has 0 bridgehead atoms. The normalized spacial score (nSPS) is 12.1. The zero-order chi connectivity index (χ0) is 27.3. The smallest absolute Gasteiger partial charge is 0.268 e. The third kappa shape index (κ3) is 5.55. The predicted octanol–water partition coefficient (Wildman–Crippen LogP) is 5.54. The minimum absolute atomic E-state index is 0.0201. The van der Waals surface area contributed by atoms with E-state index in [1.807, 2.05) is 6.92 Å². The molecular formula is C30H29NO6S. The Balaban J connectivity index is 1.74. The van der Waals surface area contributed by atoms with Gasteiger partial charge in [-0.05, 0) is 72.1 Å². The fraction of sp³-hybridized carbons (Fsp3) is 0.200. The molecule has 7 nitrogen and oxygen atoms in total. The topological polar surface area (TPSA) is 91.7 Å². The molecule has 0 fully saturated rings. The number of carbonyl (C=O) groups excluding carboxylic acids is 2. The number of carbonyl (C=O) groups is 2. The van der Waals surface area contributed by atoms with Crippen molar-refractivity contribution in [2.24, 2.45) is 0 Å². The average molecular weight is 532 g/mol. The van der Waals surface area contributed by atoms with Crippen molar-refractivity contribution < 1.29 is 27.5 Å². The molecule has 196 valence electrons. The Kier molecular flexibility index (Phi) is 8.12. The first kappa shape index (κ1) is 26.9. The summed E-state index contributed by atoms with van der Waals surface area (Å²) >= 11 is 0. The van der Waals surface area contributed by atoms with Crippen LogP contribution in [-0.4, -0.2) is 38.2 Å². The number of aromatic nitrogens is 1. The van der Waals surface area contributed by atoms with Crippen LogP contribution in [0.25, 0.3) is 0 Å². The number of hydrogen-bond acceptors (Lipinski definition) is 6. The van der Waals surface area contributed by atoms with Crippen molar-refractivity contribution in [3.8, 4) is 11.5 Å². The minimum Gasteiger partial charge on any atom is -0.497 e. The van der Waals surface area contributed by atoms with Crippen molar-refractivity contribution in [1.82, 2.24) is 3.97 Å². The van der Waals surface area contributed by atoms with E-state index in [0.717, 1.165) is 3.97 Å². The van der Waals surface area contributed by atoms with Crippen LogP contribution in [0.1, 0.15) is 51.2 Å². The maximum atomic E-state index is 13.7. The fourth-order valence-corrected chi connectivity index (χ4v) is 5.66. The van der Waals surface area contributed by atoms with Crippen LogP contribution in [0.5, 0.6) is 11.5 Å². The van der Waals surface area contributed by atoms with Gasteiger partial charge in [0.05, 0.1) is 25.0 Å². The molecule has 1 unspecified atom stereocenters. The lowest BCUT2D eigenvalue weighted by Gasteiger charge is -2.17. The van der Waals surface area contributed by atoms with Crippen molar-refractivity contribution >= 4 is 21.6 Å². The lowest BCUT2D eigenvalue weighted by Crippen LogP contribution is -2.22. The maximum absolute atomic E-state index is 13.7. The molecule has 0 amide bonds. The molecule has 0 spiro atoms. The molecule has 0 aliphatic heterocycles. The first-order valence-corrected chi connectivity index (χ1v) is 13.6. The number of rotatable bonds is 11. The van der Waals surface area contributed by atoms with Crippen LogP contribution in [0.3, 0.4) is 0 Å². The molecule has 4 rings (SSSR count). The number of benzene rings is 3. The van der Waals surface area contributed by atoms with Gasteiger partial charge in [-0.25, -0.2) is 12.4 Å². The molecule has 1 atom stereocenters. The molecule has 0 radical (unpaired) electrons. The van der Waals surface area contributed by atoms with Crippen LogP contribution in [0.2, 0.25) is 0 Å². The Morgan fingerprint density at radius 3 is 1.97 bits per heavy atom. The van der Waals surface area contributed by atoms with E-state index in [1.54, 1.807) is 87.0 Å². The zero-order valence-electron chi connectivity index (χ0n) is 21.5. The van der Waals surface area contributed by atoms with Crippen LogP contribution in [-0.2, 0) is 16.4 Å². The van der Waals surface area contributed by atoms with E-state index >= 15 is 0 Å². The second kappa shape index (κ2) is 11.5. The van der Waals surface area contributed by atoms with Crippen molar-refractivity contribution in [2.75, 3.05) is 14.2 Å². The number of methoxy groups -OCH3 is 2. The third-order valence-corrected chi connectivity index (χ3v) is 8.12. The van der Waals surface area contributed by atoms with Crippen molar-refractivity contribution in [1.29, 1.82) is 0 Å². The number of Topliss-reactive ketones (excluding diaryl/α,β-unsaturated/α-hetero) is 2. The molecule has 3 aromatic carbocycles. The second-order valence-electron chi connectivity index (χ2n) is 8.75. The fourth-order valence-electron chi connectivity index (χ4n) is 4.24. The van der Waals surface area contributed by atoms with E-state index in [4.69, 9.17) is 9.47 Å². The molecule has 0 aliphatic carbocycles. The summed E-state index contributed by atoms with van der Waals surface area (Å²) in [6.45, 7) is 1.89. The van der Waals surface area contributed by atoms with E-state index in [9.17, 15) is 18.0 Å². The summed E-state index contributed by atoms with van der Waals surface area (Å²) in [5.74, 6) is -0.326. The largest absolute Gasteiger partial charge is 0.497 e. The Morgan fingerprint density at radius 1 is 0.842 bits per heavy atom. The summed E-state index contributed by atoms with van der Waals surface area (Å²) in [6, 6.07) is 23.2. The highest BCUT2D eigenvalue weighted by molar-refractivity contribution is 7.90. The zero-order valence-corrected chi connectivity index (χ0v) is 22.3. The van der Waals surface area contributed by atoms with Gasteiger partial charge in [0.25, 0.3) is 10.0 Å². The number of ether oxygens (including phenoxy) is 2. The summed E-state index contributed by atoms with van der Waals surface area (Å²) in [5.41, 5.74) is 1.77. The Labute approximate surface area is 222 Å². The van der Waals surface area contributed by atoms with E-state index < -0.39 is 21.7 Å². The van der Waals surface area contributed by atoms with Crippen molar-refractivity contribution in [3.63, 3.8) is 0 Å². The van der Waals surface area contributed by atoms with Crippen LogP contribution in [0.4, 0.5) is 0 Å². The summed E-state index contributed by atoms with van der Waals surface area (Å²) in [7, 11) is -0.926. The summed E-state index contributed by atoms with van der Waals surface area (Å²) in [4.78, 5) is 27.5. The van der Waals surface area contributed by atoms with Gasteiger partial charge in [0.15, 0.2) is 11.6 Å². The van der Waals surface area contributed by atoms with Crippen LogP contribution < -0.4 is 9.47 Å². The van der Waals surface area contributed by atoms with Crippen molar-refractivity contribution in [2.45, 2.75) is 30.6 Å². The van der Waals surface area contributed by atoms with Gasteiger partial charge in [0, 0.05) is 18.2 Å². The lowest BCUT2D eigenvalue weighted by molar-refractivity contribution is 0.0890. The molecule has 4 aromatic rings. The molecule has 38 heavy (non-hydrogen) atoms. The number of aryl methyl sites for hydroxylation is 1. The second-order valence-corrected chi connectivity index (χ2v) is 10.6. The van der Waals surface area contributed by atoms with Crippen LogP contribution in [0.15, 0.2) is 96.0 Å². The van der Waals surface area contributed by atoms with Gasteiger partial charge in [0.2, 0.25) is 0 Å². The highest BCUT2D eigenvalue weighted by Crippen LogP contribution is 2.30. The van der Waals surface area contributed by atoms with Gasteiger partial charge in [-0.1, -0.05) is 37.3 Å². The SMILES string of the molecule is CCc1cc(C(=O)CC(C(=O)c2ccc(OC)cc2)c2ccc(OC)cc2)n(S(=O)(=O)c2ccccc2)c1. The summed E-state index contributed by atoms with van der Waals surface area (Å²) in [6.07, 6.45) is 1.81. The first-order chi connectivity index (χ1) is 18.3. The van der Waals surface area contributed by atoms with E-state index in [-0.39, 0.29) is 22.8 Å². The average Bonchev–Trinajstić information content (AvgIpc) is 3.42. The van der Waals surface area contributed by atoms with Crippen LogP contribution >= 0.6 is 0 Å². The molecule has 0 N–H and O–H groups in total. The Morgan fingerprint density at radius 2 is 1.42 bits per heavy atom. The van der Waals surface area contributed by atoms with Crippen molar-refractivity contribution in [3.05, 3.63) is 114 Å². The van der Waals surface area contributed by atoms with Gasteiger partial charge in [-0.2, -0.15) is 0 Å².